The lowest BCUT2D eigenvalue weighted by atomic mass is 9.96. The Labute approximate surface area is 243 Å². The summed E-state index contributed by atoms with van der Waals surface area (Å²) in [7, 11) is 0. The van der Waals surface area contributed by atoms with Crippen LogP contribution >= 0.6 is 0 Å². The fourth-order valence-electron chi connectivity index (χ4n) is 5.18. The lowest BCUT2D eigenvalue weighted by Gasteiger charge is -2.16. The maximum atomic E-state index is 12.0. The first-order chi connectivity index (χ1) is 20.4. The van der Waals surface area contributed by atoms with Crippen LogP contribution in [0.1, 0.15) is 66.0 Å². The van der Waals surface area contributed by atoms with Gasteiger partial charge in [0.15, 0.2) is 18.1 Å². The van der Waals surface area contributed by atoms with E-state index >= 15 is 0 Å². The molecule has 1 aliphatic carbocycles. The van der Waals surface area contributed by atoms with Crippen LogP contribution in [0.15, 0.2) is 42.7 Å². The van der Waals surface area contributed by atoms with Gasteiger partial charge in [-0.05, 0) is 85.4 Å². The highest BCUT2D eigenvalue weighted by Gasteiger charge is 2.24. The number of pyridine rings is 2. The molecule has 1 aliphatic rings. The fraction of sp³-hybridized carbons (Fsp3) is 0.355. The van der Waals surface area contributed by atoms with Crippen molar-refractivity contribution in [3.05, 3.63) is 76.6 Å². The van der Waals surface area contributed by atoms with Crippen molar-refractivity contribution >= 4 is 34.0 Å². The van der Waals surface area contributed by atoms with Gasteiger partial charge in [0.05, 0.1) is 13.0 Å². The van der Waals surface area contributed by atoms with Crippen LogP contribution in [0.3, 0.4) is 0 Å². The molecule has 0 unspecified atom stereocenters. The van der Waals surface area contributed by atoms with E-state index < -0.39 is 0 Å². The van der Waals surface area contributed by atoms with Crippen molar-refractivity contribution in [2.24, 2.45) is 0 Å². The van der Waals surface area contributed by atoms with Crippen LogP contribution < -0.4 is 15.8 Å². The molecule has 1 saturated carbocycles. The molecule has 11 heteroatoms. The zero-order chi connectivity index (χ0) is 29.2. The number of anilines is 2. The quantitative estimate of drug-likeness (QED) is 0.213. The summed E-state index contributed by atoms with van der Waals surface area (Å²) in [5.41, 5.74) is 11.6. The average Bonchev–Trinajstić information content (AvgIpc) is 3.75. The molecule has 216 valence electrons. The number of aromatic nitrogens is 6. The number of fused-ring (bicyclic) bond motifs is 2. The Balaban J connectivity index is 1.22. The molecule has 3 N–H and O–H groups in total. The molecule has 6 rings (SSSR count). The normalized spacial score (nSPS) is 13.0. The number of nitrogens with zero attached hydrogens (tertiary/aromatic N) is 6. The van der Waals surface area contributed by atoms with Crippen LogP contribution in [0.5, 0.6) is 5.88 Å². The van der Waals surface area contributed by atoms with Gasteiger partial charge in [0, 0.05) is 36.8 Å². The minimum atomic E-state index is -0.294. The molecule has 0 atom stereocenters. The Morgan fingerprint density at radius 3 is 2.76 bits per heavy atom. The van der Waals surface area contributed by atoms with Gasteiger partial charge in [0.2, 0.25) is 5.88 Å². The minimum absolute atomic E-state index is 0.145. The Bertz CT molecular complexity index is 1780. The van der Waals surface area contributed by atoms with Crippen molar-refractivity contribution in [1.82, 2.24) is 29.5 Å². The molecule has 0 saturated heterocycles. The second-order valence-electron chi connectivity index (χ2n) is 10.6. The molecule has 42 heavy (non-hydrogen) atoms. The first-order valence-electron chi connectivity index (χ1n) is 14.3. The van der Waals surface area contributed by atoms with Gasteiger partial charge in [0.1, 0.15) is 17.5 Å². The summed E-state index contributed by atoms with van der Waals surface area (Å²) in [6, 6.07) is 9.91. The minimum Gasteiger partial charge on any atom is -0.469 e. The maximum absolute atomic E-state index is 12.0. The van der Waals surface area contributed by atoms with Crippen LogP contribution in [-0.2, 0) is 29.1 Å². The van der Waals surface area contributed by atoms with Gasteiger partial charge < -0.3 is 20.5 Å². The zero-order valence-electron chi connectivity index (χ0n) is 24.1. The first-order valence-corrected chi connectivity index (χ1v) is 14.3. The summed E-state index contributed by atoms with van der Waals surface area (Å²) in [6.07, 6.45) is 6.72. The molecule has 0 bridgehead atoms. The molecule has 0 aliphatic heterocycles. The molecule has 4 heterocycles. The smallest absolute Gasteiger partial charge is 0.306 e. The van der Waals surface area contributed by atoms with Gasteiger partial charge in [-0.3, -0.25) is 4.79 Å². The van der Waals surface area contributed by atoms with Crippen molar-refractivity contribution in [2.75, 3.05) is 17.7 Å². The summed E-state index contributed by atoms with van der Waals surface area (Å²) >= 11 is 0. The van der Waals surface area contributed by atoms with Crippen LogP contribution in [0.25, 0.3) is 16.4 Å². The van der Waals surface area contributed by atoms with Gasteiger partial charge in [-0.25, -0.2) is 19.5 Å². The SMILES string of the molecule is CCOC(=O)CCc1nc(NCc2c(C)cc3c(N)nccc3c2C)cc(OCc2nc3ccc(C4CC4)cn3n2)n1. The number of nitrogens with one attached hydrogen (secondary N) is 1. The topological polar surface area (TPSA) is 142 Å². The van der Waals surface area contributed by atoms with E-state index in [-0.39, 0.29) is 19.0 Å². The zero-order valence-corrected chi connectivity index (χ0v) is 24.1. The third-order valence-electron chi connectivity index (χ3n) is 7.56. The maximum Gasteiger partial charge on any atom is 0.306 e. The number of nitrogens with two attached hydrogens (primary N) is 1. The van der Waals surface area contributed by atoms with E-state index in [1.807, 2.05) is 22.8 Å². The summed E-state index contributed by atoms with van der Waals surface area (Å²) in [4.78, 5) is 30.1. The summed E-state index contributed by atoms with van der Waals surface area (Å²) in [5, 5.41) is 10.0. The van der Waals surface area contributed by atoms with Crippen LogP contribution in [0, 0.1) is 13.8 Å². The third kappa shape index (κ3) is 5.95. The Kier molecular flexibility index (Phi) is 7.56. The number of benzene rings is 1. The molecule has 5 aromatic rings. The van der Waals surface area contributed by atoms with Gasteiger partial charge in [-0.15, -0.1) is 5.10 Å². The molecule has 11 nitrogen and oxygen atoms in total. The van der Waals surface area contributed by atoms with E-state index in [4.69, 9.17) is 15.2 Å². The molecular weight excluding hydrogens is 532 g/mol. The van der Waals surface area contributed by atoms with Crippen LogP contribution in [0.4, 0.5) is 11.6 Å². The van der Waals surface area contributed by atoms with Crippen molar-refractivity contribution in [2.45, 2.75) is 65.5 Å². The Morgan fingerprint density at radius 1 is 1.10 bits per heavy atom. The van der Waals surface area contributed by atoms with Crippen molar-refractivity contribution in [3.8, 4) is 5.88 Å². The van der Waals surface area contributed by atoms with Gasteiger partial charge in [-0.1, -0.05) is 6.07 Å². The van der Waals surface area contributed by atoms with Crippen LogP contribution in [0.2, 0.25) is 0 Å². The van der Waals surface area contributed by atoms with Crippen molar-refractivity contribution < 1.29 is 14.3 Å². The van der Waals surface area contributed by atoms with E-state index in [1.54, 1.807) is 19.2 Å². The number of nitrogen functional groups attached to an aromatic ring is 1. The second-order valence-corrected chi connectivity index (χ2v) is 10.6. The number of carbonyl (C=O) groups excluding carboxylic acids is 1. The van der Waals surface area contributed by atoms with Crippen molar-refractivity contribution in [3.63, 3.8) is 0 Å². The summed E-state index contributed by atoms with van der Waals surface area (Å²) < 4.78 is 12.9. The standard InChI is InChI=1S/C31H34N8O3/c1-4-41-30(40)10-8-25-35-26(34-15-24-18(2)13-23-22(19(24)3)11-12-33-31(23)32)14-29(37-25)42-17-27-36-28-9-7-21(20-5-6-20)16-39(28)38-27/h7,9,11-14,16,20H,4-6,8,10,15,17H2,1-3H3,(H2,32,33)(H,34,35,37). The lowest BCUT2D eigenvalue weighted by Crippen LogP contribution is -2.11. The van der Waals surface area contributed by atoms with E-state index in [9.17, 15) is 4.79 Å². The largest absolute Gasteiger partial charge is 0.469 e. The van der Waals surface area contributed by atoms with Crippen LogP contribution in [-0.4, -0.2) is 42.1 Å². The van der Waals surface area contributed by atoms with Gasteiger partial charge >= 0.3 is 5.97 Å². The highest BCUT2D eigenvalue weighted by Crippen LogP contribution is 2.39. The Morgan fingerprint density at radius 2 is 1.95 bits per heavy atom. The highest BCUT2D eigenvalue weighted by atomic mass is 16.5. The number of ether oxygens (including phenoxy) is 2. The molecule has 4 aromatic heterocycles. The molecule has 1 aromatic carbocycles. The molecule has 0 radical (unpaired) electrons. The summed E-state index contributed by atoms with van der Waals surface area (Å²) in [5.74, 6) is 2.85. The average molecular weight is 567 g/mol. The highest BCUT2D eigenvalue weighted by molar-refractivity contribution is 5.94. The first kappa shape index (κ1) is 27.4. The fourth-order valence-corrected chi connectivity index (χ4v) is 5.18. The number of hydrogen-bond acceptors (Lipinski definition) is 10. The number of hydrogen-bond donors (Lipinski definition) is 2. The second kappa shape index (κ2) is 11.6. The third-order valence-corrected chi connectivity index (χ3v) is 7.56. The lowest BCUT2D eigenvalue weighted by molar-refractivity contribution is -0.143. The van der Waals surface area contributed by atoms with E-state index in [0.717, 1.165) is 33.1 Å². The molecule has 0 spiro atoms. The summed E-state index contributed by atoms with van der Waals surface area (Å²) in [6.45, 7) is 6.93. The predicted molar refractivity (Wildman–Crippen MR) is 159 cm³/mol. The molecular formula is C31H34N8O3. The predicted octanol–water partition coefficient (Wildman–Crippen LogP) is 4.83. The molecule has 0 amide bonds. The van der Waals surface area contributed by atoms with E-state index in [0.29, 0.717) is 54.7 Å². The number of carbonyl (C=O) groups is 1. The number of esters is 1. The van der Waals surface area contributed by atoms with Gasteiger partial charge in [-0.2, -0.15) is 4.98 Å². The number of aryl methyl sites for hydroxylation is 3. The monoisotopic (exact) mass is 566 g/mol. The van der Waals surface area contributed by atoms with E-state index in [2.05, 4.69) is 56.3 Å². The number of rotatable bonds is 11. The molecule has 1 fully saturated rings. The van der Waals surface area contributed by atoms with Crippen molar-refractivity contribution in [1.29, 1.82) is 0 Å². The van der Waals surface area contributed by atoms with Gasteiger partial charge in [0.25, 0.3) is 0 Å². The Hall–Kier alpha value is -4.80. The van der Waals surface area contributed by atoms with E-state index in [1.165, 1.54) is 18.4 Å².